The van der Waals surface area contributed by atoms with Crippen molar-refractivity contribution in [3.8, 4) is 0 Å². The molecule has 0 saturated carbocycles. The molecular weight excluding hydrogens is 351 g/mol. The minimum Gasteiger partial charge on any atom is -0.334 e. The molecule has 1 aromatic carbocycles. The molecule has 2 heterocycles. The van der Waals surface area contributed by atoms with E-state index < -0.39 is 0 Å². The molecule has 2 fully saturated rings. The summed E-state index contributed by atoms with van der Waals surface area (Å²) in [6, 6.07) is 8.15. The minimum atomic E-state index is 0. The zero-order chi connectivity index (χ0) is 15.4. The Morgan fingerprint density at radius 1 is 1.35 bits per heavy atom. The molecule has 3 rings (SSSR count). The monoisotopic (exact) mass is 374 g/mol. The van der Waals surface area contributed by atoms with Gasteiger partial charge in [0, 0.05) is 29.5 Å². The maximum Gasteiger partial charge on any atom is 0.223 e. The van der Waals surface area contributed by atoms with Crippen molar-refractivity contribution in [2.75, 3.05) is 31.1 Å². The lowest BCUT2D eigenvalue weighted by molar-refractivity contribution is -0.133. The number of carbonyl (C=O) groups excluding carboxylic acids is 1. The van der Waals surface area contributed by atoms with Crippen molar-refractivity contribution in [2.24, 2.45) is 5.92 Å². The van der Waals surface area contributed by atoms with Gasteiger partial charge in [0.05, 0.1) is 6.04 Å². The molecule has 1 amide bonds. The van der Waals surface area contributed by atoms with Crippen LogP contribution in [0.4, 0.5) is 0 Å². The average Bonchev–Trinajstić information content (AvgIpc) is 3.07. The van der Waals surface area contributed by atoms with Crippen LogP contribution in [-0.2, 0) is 4.79 Å². The third kappa shape index (κ3) is 5.02. The molecule has 2 aliphatic heterocycles. The van der Waals surface area contributed by atoms with Crippen LogP contribution in [0.15, 0.2) is 24.3 Å². The average molecular weight is 375 g/mol. The lowest BCUT2D eigenvalue weighted by Gasteiger charge is -2.36. The molecular formula is C17H24Cl2N2OS. The van der Waals surface area contributed by atoms with E-state index in [-0.39, 0.29) is 18.4 Å². The maximum absolute atomic E-state index is 12.7. The molecule has 2 aliphatic rings. The number of thioether (sulfide) groups is 1. The quantitative estimate of drug-likeness (QED) is 0.870. The highest BCUT2D eigenvalue weighted by atomic mass is 35.5. The SMILES string of the molecule is Cl.O=C(CCC1CCNC1)N1CCSCC1c1ccc(Cl)cc1. The third-order valence-corrected chi connectivity index (χ3v) is 5.91. The number of nitrogens with zero attached hydrogens (tertiary/aromatic N) is 1. The van der Waals surface area contributed by atoms with Gasteiger partial charge in [-0.2, -0.15) is 11.8 Å². The van der Waals surface area contributed by atoms with E-state index in [2.05, 4.69) is 22.3 Å². The first-order chi connectivity index (χ1) is 10.7. The van der Waals surface area contributed by atoms with Gasteiger partial charge in [0.1, 0.15) is 0 Å². The van der Waals surface area contributed by atoms with Gasteiger partial charge in [0.2, 0.25) is 5.91 Å². The molecule has 1 N–H and O–H groups in total. The molecule has 0 spiro atoms. The van der Waals surface area contributed by atoms with Crippen LogP contribution in [0.2, 0.25) is 5.02 Å². The van der Waals surface area contributed by atoms with Crippen molar-refractivity contribution in [3.05, 3.63) is 34.9 Å². The molecule has 2 saturated heterocycles. The smallest absolute Gasteiger partial charge is 0.223 e. The fourth-order valence-corrected chi connectivity index (χ4v) is 4.51. The van der Waals surface area contributed by atoms with Crippen molar-refractivity contribution in [1.29, 1.82) is 0 Å². The van der Waals surface area contributed by atoms with Gasteiger partial charge in [-0.1, -0.05) is 23.7 Å². The van der Waals surface area contributed by atoms with E-state index in [4.69, 9.17) is 11.6 Å². The third-order valence-electron chi connectivity index (χ3n) is 4.63. The van der Waals surface area contributed by atoms with Gasteiger partial charge in [0.25, 0.3) is 0 Å². The van der Waals surface area contributed by atoms with Gasteiger partial charge in [-0.15, -0.1) is 12.4 Å². The van der Waals surface area contributed by atoms with Crippen molar-refractivity contribution in [3.63, 3.8) is 0 Å². The molecule has 128 valence electrons. The van der Waals surface area contributed by atoms with Gasteiger partial charge >= 0.3 is 0 Å². The number of hydrogen-bond donors (Lipinski definition) is 1. The fourth-order valence-electron chi connectivity index (χ4n) is 3.30. The van der Waals surface area contributed by atoms with E-state index in [9.17, 15) is 4.79 Å². The molecule has 0 aliphatic carbocycles. The van der Waals surface area contributed by atoms with Crippen LogP contribution in [0.25, 0.3) is 0 Å². The number of nitrogens with one attached hydrogen (secondary N) is 1. The molecule has 2 unspecified atom stereocenters. The summed E-state index contributed by atoms with van der Waals surface area (Å²) in [7, 11) is 0. The molecule has 1 aromatic rings. The van der Waals surface area contributed by atoms with Crippen LogP contribution in [0, 0.1) is 5.92 Å². The highest BCUT2D eigenvalue weighted by Gasteiger charge is 2.28. The highest BCUT2D eigenvalue weighted by Crippen LogP contribution is 2.31. The number of hydrogen-bond acceptors (Lipinski definition) is 3. The van der Waals surface area contributed by atoms with E-state index in [1.807, 2.05) is 23.9 Å². The number of carbonyl (C=O) groups is 1. The normalized spacial score (nSPS) is 24.3. The van der Waals surface area contributed by atoms with Crippen molar-refractivity contribution in [2.45, 2.75) is 25.3 Å². The molecule has 6 heteroatoms. The summed E-state index contributed by atoms with van der Waals surface area (Å²) in [6.07, 6.45) is 2.91. The predicted octanol–water partition coefficient (Wildman–Crippen LogP) is 3.77. The summed E-state index contributed by atoms with van der Waals surface area (Å²) in [5.74, 6) is 3.02. The second-order valence-corrected chi connectivity index (χ2v) is 7.71. The Morgan fingerprint density at radius 2 is 2.13 bits per heavy atom. The van der Waals surface area contributed by atoms with Crippen LogP contribution < -0.4 is 5.32 Å². The summed E-state index contributed by atoms with van der Waals surface area (Å²) in [5, 5.41) is 4.12. The van der Waals surface area contributed by atoms with Gasteiger partial charge in [-0.05, 0) is 49.5 Å². The van der Waals surface area contributed by atoms with Crippen LogP contribution in [0.5, 0.6) is 0 Å². The molecule has 23 heavy (non-hydrogen) atoms. The summed E-state index contributed by atoms with van der Waals surface area (Å²) >= 11 is 7.91. The Bertz CT molecular complexity index is 506. The van der Waals surface area contributed by atoms with Gasteiger partial charge < -0.3 is 10.2 Å². The standard InChI is InChI=1S/C17H23ClN2OS.ClH/c18-15-4-2-14(3-5-15)16-12-22-10-9-20(16)17(21)6-1-13-7-8-19-11-13;/h2-5,13,16,19H,1,6-12H2;1H. The lowest BCUT2D eigenvalue weighted by Crippen LogP contribution is -2.40. The maximum atomic E-state index is 12.7. The molecule has 3 nitrogen and oxygen atoms in total. The highest BCUT2D eigenvalue weighted by molar-refractivity contribution is 7.99. The van der Waals surface area contributed by atoms with E-state index in [0.717, 1.165) is 42.6 Å². The van der Waals surface area contributed by atoms with Crippen molar-refractivity contribution >= 4 is 41.7 Å². The van der Waals surface area contributed by atoms with Crippen LogP contribution in [0.3, 0.4) is 0 Å². The van der Waals surface area contributed by atoms with E-state index >= 15 is 0 Å². The molecule has 0 radical (unpaired) electrons. The van der Waals surface area contributed by atoms with Crippen LogP contribution in [0.1, 0.15) is 30.9 Å². The largest absolute Gasteiger partial charge is 0.334 e. The summed E-state index contributed by atoms with van der Waals surface area (Å²) in [4.78, 5) is 14.8. The second kappa shape index (κ2) is 9.16. The molecule has 2 atom stereocenters. The Balaban J connectivity index is 0.00000192. The minimum absolute atomic E-state index is 0. The summed E-state index contributed by atoms with van der Waals surface area (Å²) in [6.45, 7) is 3.04. The predicted molar refractivity (Wildman–Crippen MR) is 101 cm³/mol. The Labute approximate surface area is 153 Å². The van der Waals surface area contributed by atoms with E-state index in [0.29, 0.717) is 18.2 Å². The first kappa shape index (κ1) is 18.9. The van der Waals surface area contributed by atoms with Crippen molar-refractivity contribution < 1.29 is 4.79 Å². The first-order valence-corrected chi connectivity index (χ1v) is 9.60. The van der Waals surface area contributed by atoms with E-state index in [1.54, 1.807) is 0 Å². The fraction of sp³-hybridized carbons (Fsp3) is 0.588. The Morgan fingerprint density at radius 3 is 2.83 bits per heavy atom. The Hall–Kier alpha value is -0.420. The number of benzene rings is 1. The van der Waals surface area contributed by atoms with Crippen molar-refractivity contribution in [1.82, 2.24) is 10.2 Å². The van der Waals surface area contributed by atoms with Gasteiger partial charge in [0.15, 0.2) is 0 Å². The number of rotatable bonds is 4. The van der Waals surface area contributed by atoms with Gasteiger partial charge in [-0.3, -0.25) is 4.79 Å². The summed E-state index contributed by atoms with van der Waals surface area (Å²) in [5.41, 5.74) is 1.20. The van der Waals surface area contributed by atoms with Crippen LogP contribution >= 0.6 is 35.8 Å². The number of amides is 1. The van der Waals surface area contributed by atoms with Crippen LogP contribution in [-0.4, -0.2) is 41.9 Å². The topological polar surface area (TPSA) is 32.3 Å². The zero-order valence-electron chi connectivity index (χ0n) is 13.2. The molecule has 0 bridgehead atoms. The molecule has 0 aromatic heterocycles. The Kier molecular flexibility index (Phi) is 7.54. The van der Waals surface area contributed by atoms with E-state index in [1.165, 1.54) is 12.0 Å². The second-order valence-electron chi connectivity index (χ2n) is 6.13. The lowest BCUT2D eigenvalue weighted by atomic mass is 10.0. The zero-order valence-corrected chi connectivity index (χ0v) is 15.6. The van der Waals surface area contributed by atoms with Gasteiger partial charge in [-0.25, -0.2) is 0 Å². The first-order valence-electron chi connectivity index (χ1n) is 8.07. The number of halogens is 2. The summed E-state index contributed by atoms with van der Waals surface area (Å²) < 4.78 is 0.